The van der Waals surface area contributed by atoms with Gasteiger partial charge in [0.15, 0.2) is 0 Å². The molecule has 0 aromatic heterocycles. The maximum Gasteiger partial charge on any atom is 0.428 e. The minimum atomic E-state index is -0.584. The van der Waals surface area contributed by atoms with Crippen molar-refractivity contribution in [1.82, 2.24) is 10.3 Å². The Balaban J connectivity index is 2.04. The molecule has 0 atom stereocenters. The number of likely N-dealkylation sites (tertiary alicyclic amines) is 1. The lowest BCUT2D eigenvalue weighted by molar-refractivity contribution is 0.0529. The van der Waals surface area contributed by atoms with Crippen molar-refractivity contribution in [1.29, 1.82) is 0 Å². The van der Waals surface area contributed by atoms with E-state index in [4.69, 9.17) is 4.74 Å². The summed E-state index contributed by atoms with van der Waals surface area (Å²) in [7, 11) is 0. The first-order valence-corrected chi connectivity index (χ1v) is 8.82. The Kier molecular flexibility index (Phi) is 6.42. The van der Waals surface area contributed by atoms with Crippen molar-refractivity contribution in [2.75, 3.05) is 13.1 Å². The maximum absolute atomic E-state index is 11.7. The largest absolute Gasteiger partial charge is 0.508 e. The number of carbonyl (C=O) groups is 1. The van der Waals surface area contributed by atoms with Gasteiger partial charge in [-0.25, -0.2) is 10.2 Å². The number of amides is 1. The SMILES string of the molecule is C/C(=N\NC(=O)OC(C)(C)C)c1ccc(O)c(CN2CCCCC2)c1. The van der Waals surface area contributed by atoms with Crippen molar-refractivity contribution < 1.29 is 14.6 Å². The Morgan fingerprint density at radius 3 is 2.60 bits per heavy atom. The van der Waals surface area contributed by atoms with Crippen molar-refractivity contribution in [3.63, 3.8) is 0 Å². The highest BCUT2D eigenvalue weighted by Crippen LogP contribution is 2.22. The molecule has 1 amide bonds. The van der Waals surface area contributed by atoms with Crippen LogP contribution in [0.2, 0.25) is 0 Å². The fraction of sp³-hybridized carbons (Fsp3) is 0.579. The van der Waals surface area contributed by atoms with E-state index in [-0.39, 0.29) is 0 Å². The molecule has 138 valence electrons. The van der Waals surface area contributed by atoms with Gasteiger partial charge in [-0.1, -0.05) is 6.42 Å². The number of carbonyl (C=O) groups excluding carboxylic acids is 1. The van der Waals surface area contributed by atoms with E-state index in [2.05, 4.69) is 15.4 Å². The minimum Gasteiger partial charge on any atom is -0.508 e. The van der Waals surface area contributed by atoms with E-state index in [1.165, 1.54) is 19.3 Å². The molecule has 1 aromatic carbocycles. The molecule has 1 aromatic rings. The molecule has 1 fully saturated rings. The quantitative estimate of drug-likeness (QED) is 0.644. The van der Waals surface area contributed by atoms with Crippen molar-refractivity contribution in [3.8, 4) is 5.75 Å². The molecule has 25 heavy (non-hydrogen) atoms. The number of hydrogen-bond donors (Lipinski definition) is 2. The lowest BCUT2D eigenvalue weighted by atomic mass is 10.0. The number of nitrogens with one attached hydrogen (secondary N) is 1. The number of ether oxygens (including phenoxy) is 1. The lowest BCUT2D eigenvalue weighted by Crippen LogP contribution is -2.30. The molecule has 1 saturated heterocycles. The fourth-order valence-electron chi connectivity index (χ4n) is 2.79. The third-order valence-corrected chi connectivity index (χ3v) is 4.05. The van der Waals surface area contributed by atoms with Gasteiger partial charge in [0.25, 0.3) is 0 Å². The first-order valence-electron chi connectivity index (χ1n) is 8.82. The zero-order chi connectivity index (χ0) is 18.4. The summed E-state index contributed by atoms with van der Waals surface area (Å²) in [5.41, 5.74) is 4.25. The first kappa shape index (κ1) is 19.2. The van der Waals surface area contributed by atoms with Gasteiger partial charge in [0, 0.05) is 12.1 Å². The third kappa shape index (κ3) is 6.38. The molecule has 6 heteroatoms. The van der Waals surface area contributed by atoms with Gasteiger partial charge >= 0.3 is 6.09 Å². The normalized spacial score (nSPS) is 16.6. The molecule has 1 aliphatic rings. The topological polar surface area (TPSA) is 74.2 Å². The summed E-state index contributed by atoms with van der Waals surface area (Å²) in [5.74, 6) is 0.294. The summed E-state index contributed by atoms with van der Waals surface area (Å²) < 4.78 is 5.16. The molecule has 6 nitrogen and oxygen atoms in total. The van der Waals surface area contributed by atoms with E-state index in [0.29, 0.717) is 11.5 Å². The van der Waals surface area contributed by atoms with Gasteiger partial charge < -0.3 is 9.84 Å². The van der Waals surface area contributed by atoms with Crippen LogP contribution >= 0.6 is 0 Å². The van der Waals surface area contributed by atoms with E-state index in [1.54, 1.807) is 32.9 Å². The van der Waals surface area contributed by atoms with E-state index < -0.39 is 11.7 Å². The summed E-state index contributed by atoms with van der Waals surface area (Å²) in [6, 6.07) is 5.41. The van der Waals surface area contributed by atoms with Crippen LogP contribution in [0.25, 0.3) is 0 Å². The zero-order valence-corrected chi connectivity index (χ0v) is 15.6. The number of hydrazone groups is 1. The fourth-order valence-corrected chi connectivity index (χ4v) is 2.79. The standard InChI is InChI=1S/C19H29N3O3/c1-14(20-21-18(24)25-19(2,3)4)15-8-9-17(23)16(12-15)13-22-10-6-5-7-11-22/h8-9,12,23H,5-7,10-11,13H2,1-4H3,(H,21,24)/b20-14+. The molecule has 0 bridgehead atoms. The van der Waals surface area contributed by atoms with Crippen molar-refractivity contribution in [2.45, 2.75) is 59.1 Å². The number of nitrogens with zero attached hydrogens (tertiary/aromatic N) is 2. The number of piperidine rings is 1. The second-order valence-corrected chi connectivity index (χ2v) is 7.49. The van der Waals surface area contributed by atoms with Crippen LogP contribution in [0, 0.1) is 0 Å². The number of aromatic hydroxyl groups is 1. The van der Waals surface area contributed by atoms with E-state index in [0.717, 1.165) is 30.8 Å². The van der Waals surface area contributed by atoms with Gasteiger partial charge in [-0.2, -0.15) is 5.10 Å². The molecule has 0 unspecified atom stereocenters. The van der Waals surface area contributed by atoms with Crippen LogP contribution in [0.15, 0.2) is 23.3 Å². The highest BCUT2D eigenvalue weighted by atomic mass is 16.6. The van der Waals surface area contributed by atoms with Crippen molar-refractivity contribution in [3.05, 3.63) is 29.3 Å². The molecule has 0 spiro atoms. The highest BCUT2D eigenvalue weighted by Gasteiger charge is 2.16. The Morgan fingerprint density at radius 2 is 1.96 bits per heavy atom. The number of rotatable bonds is 4. The van der Waals surface area contributed by atoms with Crippen molar-refractivity contribution in [2.24, 2.45) is 5.10 Å². The Bertz CT molecular complexity index is 629. The highest BCUT2D eigenvalue weighted by molar-refractivity contribution is 5.99. The number of benzene rings is 1. The number of phenols is 1. The monoisotopic (exact) mass is 347 g/mol. The molecular weight excluding hydrogens is 318 g/mol. The summed E-state index contributed by atoms with van der Waals surface area (Å²) in [5, 5.41) is 14.2. The van der Waals surface area contributed by atoms with Crippen LogP contribution in [0.5, 0.6) is 5.75 Å². The predicted octanol–water partition coefficient (Wildman–Crippen LogP) is 3.63. The molecular formula is C19H29N3O3. The predicted molar refractivity (Wildman–Crippen MR) is 98.8 cm³/mol. The van der Waals surface area contributed by atoms with Gasteiger partial charge in [-0.05, 0) is 77.4 Å². The number of phenolic OH excluding ortho intramolecular Hbond substituents is 1. The Morgan fingerprint density at radius 1 is 1.28 bits per heavy atom. The molecule has 0 radical (unpaired) electrons. The maximum atomic E-state index is 11.7. The van der Waals surface area contributed by atoms with E-state index >= 15 is 0 Å². The molecule has 1 heterocycles. The first-order chi connectivity index (χ1) is 11.7. The Hall–Kier alpha value is -2.08. The van der Waals surface area contributed by atoms with Gasteiger partial charge in [-0.15, -0.1) is 0 Å². The smallest absolute Gasteiger partial charge is 0.428 e. The second-order valence-electron chi connectivity index (χ2n) is 7.49. The summed E-state index contributed by atoms with van der Waals surface area (Å²) in [6.07, 6.45) is 3.12. The molecule has 0 saturated carbocycles. The Labute approximate surface area is 149 Å². The van der Waals surface area contributed by atoms with Gasteiger partial charge in [0.1, 0.15) is 11.4 Å². The summed E-state index contributed by atoms with van der Waals surface area (Å²) in [6.45, 7) is 10.1. The van der Waals surface area contributed by atoms with Gasteiger partial charge in [0.2, 0.25) is 0 Å². The minimum absolute atomic E-state index is 0.294. The van der Waals surface area contributed by atoms with E-state index in [1.807, 2.05) is 13.0 Å². The zero-order valence-electron chi connectivity index (χ0n) is 15.6. The van der Waals surface area contributed by atoms with E-state index in [9.17, 15) is 9.90 Å². The van der Waals surface area contributed by atoms with Gasteiger partial charge in [-0.3, -0.25) is 4.90 Å². The number of hydrogen-bond acceptors (Lipinski definition) is 5. The summed E-state index contributed by atoms with van der Waals surface area (Å²) >= 11 is 0. The lowest BCUT2D eigenvalue weighted by Gasteiger charge is -2.26. The molecule has 2 rings (SSSR count). The van der Waals surface area contributed by atoms with Crippen LogP contribution in [0.1, 0.15) is 58.1 Å². The van der Waals surface area contributed by atoms with Gasteiger partial charge in [0.05, 0.1) is 5.71 Å². The summed E-state index contributed by atoms with van der Waals surface area (Å²) in [4.78, 5) is 14.0. The van der Waals surface area contributed by atoms with Crippen LogP contribution in [-0.4, -0.2) is 40.5 Å². The average molecular weight is 347 g/mol. The second kappa shape index (κ2) is 8.34. The van der Waals surface area contributed by atoms with Crippen molar-refractivity contribution >= 4 is 11.8 Å². The average Bonchev–Trinajstić information content (AvgIpc) is 2.54. The van der Waals surface area contributed by atoms with Crippen LogP contribution in [-0.2, 0) is 11.3 Å². The molecule has 1 aliphatic heterocycles. The van der Waals surface area contributed by atoms with Crippen LogP contribution in [0.3, 0.4) is 0 Å². The molecule has 0 aliphatic carbocycles. The molecule has 2 N–H and O–H groups in total. The third-order valence-electron chi connectivity index (χ3n) is 4.05. The van der Waals surface area contributed by atoms with Crippen LogP contribution in [0.4, 0.5) is 4.79 Å². The van der Waals surface area contributed by atoms with Crippen LogP contribution < -0.4 is 5.43 Å².